The lowest BCUT2D eigenvalue weighted by molar-refractivity contribution is 0.133. The minimum atomic E-state index is 0.351. The van der Waals surface area contributed by atoms with E-state index in [1.807, 2.05) is 11.8 Å². The Morgan fingerprint density at radius 3 is 1.64 bits per heavy atom. The number of ether oxygens (including phenoxy) is 2. The zero-order valence-corrected chi connectivity index (χ0v) is 8.61. The van der Waals surface area contributed by atoms with Gasteiger partial charge in [-0.2, -0.15) is 11.8 Å². The van der Waals surface area contributed by atoms with Crippen LogP contribution in [0.25, 0.3) is 0 Å². The Kier molecular flexibility index (Phi) is 7.12. The highest BCUT2D eigenvalue weighted by molar-refractivity contribution is 7.99. The van der Waals surface area contributed by atoms with Crippen molar-refractivity contribution in [3.8, 4) is 0 Å². The van der Waals surface area contributed by atoms with Gasteiger partial charge in [0.25, 0.3) is 0 Å². The second-order valence-corrected chi connectivity index (χ2v) is 3.71. The zero-order valence-electron chi connectivity index (χ0n) is 7.79. The number of hydrogen-bond donors (Lipinski definition) is 0. The minimum absolute atomic E-state index is 0.351. The van der Waals surface area contributed by atoms with Crippen molar-refractivity contribution in [2.45, 2.75) is 26.1 Å². The van der Waals surface area contributed by atoms with Crippen molar-refractivity contribution >= 4 is 11.8 Å². The third-order valence-corrected chi connectivity index (χ3v) is 2.92. The highest BCUT2D eigenvalue weighted by Crippen LogP contribution is 2.07. The van der Waals surface area contributed by atoms with Crippen LogP contribution in [0.2, 0.25) is 0 Å². The summed E-state index contributed by atoms with van der Waals surface area (Å²) in [5.41, 5.74) is 0. The molecule has 0 aromatic carbocycles. The third-order valence-electron chi connectivity index (χ3n) is 1.51. The molecule has 0 aliphatic rings. The van der Waals surface area contributed by atoms with E-state index in [9.17, 15) is 0 Å². The molecule has 0 saturated heterocycles. The highest BCUT2D eigenvalue weighted by atomic mass is 32.2. The molecule has 68 valence electrons. The van der Waals surface area contributed by atoms with Crippen LogP contribution in [0, 0.1) is 0 Å². The molecule has 0 heterocycles. The van der Waals surface area contributed by atoms with E-state index >= 15 is 0 Å². The summed E-state index contributed by atoms with van der Waals surface area (Å²) in [6.45, 7) is 4.15. The summed E-state index contributed by atoms with van der Waals surface area (Å²) in [7, 11) is 3.48. The Labute approximate surface area is 73.6 Å². The van der Waals surface area contributed by atoms with Crippen LogP contribution in [-0.2, 0) is 9.47 Å². The van der Waals surface area contributed by atoms with E-state index in [1.165, 1.54) is 0 Å². The van der Waals surface area contributed by atoms with E-state index < -0.39 is 0 Å². The van der Waals surface area contributed by atoms with E-state index in [4.69, 9.17) is 9.47 Å². The summed E-state index contributed by atoms with van der Waals surface area (Å²) >= 11 is 1.87. The van der Waals surface area contributed by atoms with Gasteiger partial charge in [-0.3, -0.25) is 0 Å². The van der Waals surface area contributed by atoms with Gasteiger partial charge in [-0.15, -0.1) is 0 Å². The van der Waals surface area contributed by atoms with Gasteiger partial charge in [0.15, 0.2) is 0 Å². The van der Waals surface area contributed by atoms with Crippen molar-refractivity contribution in [1.82, 2.24) is 0 Å². The van der Waals surface area contributed by atoms with Gasteiger partial charge in [0.05, 0.1) is 12.2 Å². The van der Waals surface area contributed by atoms with Crippen molar-refractivity contribution in [2.24, 2.45) is 0 Å². The fourth-order valence-electron chi connectivity index (χ4n) is 0.536. The van der Waals surface area contributed by atoms with Crippen molar-refractivity contribution < 1.29 is 9.47 Å². The molecular weight excluding hydrogens is 160 g/mol. The van der Waals surface area contributed by atoms with Crippen LogP contribution in [0.15, 0.2) is 0 Å². The monoisotopic (exact) mass is 178 g/mol. The van der Waals surface area contributed by atoms with Gasteiger partial charge in [0.1, 0.15) is 0 Å². The van der Waals surface area contributed by atoms with Crippen LogP contribution in [0.4, 0.5) is 0 Å². The van der Waals surface area contributed by atoms with Crippen molar-refractivity contribution in [3.05, 3.63) is 0 Å². The zero-order chi connectivity index (χ0) is 8.69. The van der Waals surface area contributed by atoms with Crippen LogP contribution < -0.4 is 0 Å². The molecule has 0 fully saturated rings. The number of rotatable bonds is 6. The van der Waals surface area contributed by atoms with Crippen molar-refractivity contribution in [3.63, 3.8) is 0 Å². The average Bonchev–Trinajstić information content (AvgIpc) is 2.04. The van der Waals surface area contributed by atoms with Gasteiger partial charge in [0, 0.05) is 25.7 Å². The lowest BCUT2D eigenvalue weighted by atomic mass is 10.5. The largest absolute Gasteiger partial charge is 0.381 e. The Morgan fingerprint density at radius 1 is 1.00 bits per heavy atom. The minimum Gasteiger partial charge on any atom is -0.381 e. The molecule has 0 aromatic heterocycles. The maximum atomic E-state index is 5.10. The second-order valence-electron chi connectivity index (χ2n) is 2.63. The van der Waals surface area contributed by atoms with Gasteiger partial charge in [-0.1, -0.05) is 0 Å². The van der Waals surface area contributed by atoms with Gasteiger partial charge in [-0.25, -0.2) is 0 Å². The molecule has 3 heteroatoms. The molecule has 2 nitrogen and oxygen atoms in total. The van der Waals surface area contributed by atoms with E-state index in [1.54, 1.807) is 14.2 Å². The first-order chi connectivity index (χ1) is 5.20. The van der Waals surface area contributed by atoms with E-state index in [2.05, 4.69) is 13.8 Å². The van der Waals surface area contributed by atoms with Crippen LogP contribution in [0.1, 0.15) is 13.8 Å². The Bertz CT molecular complexity index is 78.2. The predicted molar refractivity (Wildman–Crippen MR) is 50.3 cm³/mol. The molecule has 0 saturated carbocycles. The van der Waals surface area contributed by atoms with Crippen LogP contribution >= 0.6 is 11.8 Å². The van der Waals surface area contributed by atoms with Crippen LogP contribution in [-0.4, -0.2) is 37.9 Å². The number of thioether (sulfide) groups is 1. The van der Waals surface area contributed by atoms with Gasteiger partial charge < -0.3 is 9.47 Å². The smallest absolute Gasteiger partial charge is 0.0633 e. The molecule has 0 bridgehead atoms. The summed E-state index contributed by atoms with van der Waals surface area (Å²) in [5, 5.41) is 0. The normalized spacial score (nSPS) is 16.4. The quantitative estimate of drug-likeness (QED) is 0.618. The fourth-order valence-corrected chi connectivity index (χ4v) is 1.61. The standard InChI is InChI=1S/C8H18O2S/c1-7(9-3)5-11-6-8(2)10-4/h7-8H,5-6H2,1-4H3. The highest BCUT2D eigenvalue weighted by Gasteiger charge is 2.02. The van der Waals surface area contributed by atoms with E-state index in [-0.39, 0.29) is 0 Å². The first-order valence-corrected chi connectivity index (χ1v) is 4.99. The molecule has 0 spiro atoms. The van der Waals surface area contributed by atoms with Gasteiger partial charge >= 0.3 is 0 Å². The molecule has 2 atom stereocenters. The Hall–Kier alpha value is 0.270. The molecule has 0 aliphatic carbocycles. The first kappa shape index (κ1) is 11.3. The molecule has 0 amide bonds. The topological polar surface area (TPSA) is 18.5 Å². The molecule has 0 rings (SSSR count). The molecule has 2 unspecified atom stereocenters. The second kappa shape index (κ2) is 6.95. The third kappa shape index (κ3) is 6.66. The Morgan fingerprint density at radius 2 is 1.36 bits per heavy atom. The van der Waals surface area contributed by atoms with E-state index in [0.29, 0.717) is 12.2 Å². The molecule has 0 N–H and O–H groups in total. The predicted octanol–water partition coefficient (Wildman–Crippen LogP) is 1.79. The molecule has 11 heavy (non-hydrogen) atoms. The maximum Gasteiger partial charge on any atom is 0.0633 e. The SMILES string of the molecule is COC(C)CSCC(C)OC. The summed E-state index contributed by atoms with van der Waals surface area (Å²) in [4.78, 5) is 0. The van der Waals surface area contributed by atoms with E-state index in [0.717, 1.165) is 11.5 Å². The summed E-state index contributed by atoms with van der Waals surface area (Å²) in [6.07, 6.45) is 0.702. The van der Waals surface area contributed by atoms with Crippen molar-refractivity contribution in [2.75, 3.05) is 25.7 Å². The fraction of sp³-hybridized carbons (Fsp3) is 1.00. The Balaban J connectivity index is 3.13. The first-order valence-electron chi connectivity index (χ1n) is 3.84. The molecule has 0 radical (unpaired) electrons. The molecule has 0 aromatic rings. The number of methoxy groups -OCH3 is 2. The van der Waals surface area contributed by atoms with Crippen molar-refractivity contribution in [1.29, 1.82) is 0 Å². The summed E-state index contributed by atoms with van der Waals surface area (Å²) in [6, 6.07) is 0. The summed E-state index contributed by atoms with van der Waals surface area (Å²) < 4.78 is 10.2. The summed E-state index contributed by atoms with van der Waals surface area (Å²) in [5.74, 6) is 2.09. The lowest BCUT2D eigenvalue weighted by Crippen LogP contribution is -2.13. The van der Waals surface area contributed by atoms with Gasteiger partial charge in [0.2, 0.25) is 0 Å². The maximum absolute atomic E-state index is 5.10. The number of hydrogen-bond acceptors (Lipinski definition) is 3. The van der Waals surface area contributed by atoms with Crippen LogP contribution in [0.5, 0.6) is 0 Å². The van der Waals surface area contributed by atoms with Gasteiger partial charge in [-0.05, 0) is 13.8 Å². The van der Waals surface area contributed by atoms with Crippen LogP contribution in [0.3, 0.4) is 0 Å². The molecular formula is C8H18O2S. The molecule has 0 aliphatic heterocycles. The lowest BCUT2D eigenvalue weighted by Gasteiger charge is -2.11. The average molecular weight is 178 g/mol.